The summed E-state index contributed by atoms with van der Waals surface area (Å²) in [5.74, 6) is -1.16. The number of hydrogen-bond acceptors (Lipinski definition) is 5. The number of fused-ring (bicyclic) bond motifs is 2. The van der Waals surface area contributed by atoms with Gasteiger partial charge in [-0.1, -0.05) is 54.6 Å². The molecule has 1 amide bonds. The first-order valence-electron chi connectivity index (χ1n) is 11.1. The Labute approximate surface area is 200 Å². The third-order valence-electron chi connectivity index (χ3n) is 5.91. The highest BCUT2D eigenvalue weighted by Gasteiger charge is 2.26. The summed E-state index contributed by atoms with van der Waals surface area (Å²) in [7, 11) is 1.28. The van der Waals surface area contributed by atoms with Crippen molar-refractivity contribution in [2.24, 2.45) is 0 Å². The van der Waals surface area contributed by atoms with E-state index in [9.17, 15) is 14.4 Å². The van der Waals surface area contributed by atoms with Crippen molar-refractivity contribution in [2.75, 3.05) is 7.11 Å². The second-order valence-corrected chi connectivity index (χ2v) is 8.06. The minimum atomic E-state index is -0.954. The van der Waals surface area contributed by atoms with Gasteiger partial charge < -0.3 is 15.0 Å². The Bertz CT molecular complexity index is 1600. The maximum atomic E-state index is 13.5. The molecular formula is C27H22N4O4. The Morgan fingerprint density at radius 1 is 0.943 bits per heavy atom. The molecule has 2 N–H and O–H groups in total. The van der Waals surface area contributed by atoms with Gasteiger partial charge in [-0.15, -0.1) is 0 Å². The van der Waals surface area contributed by atoms with E-state index in [2.05, 4.69) is 15.4 Å². The van der Waals surface area contributed by atoms with E-state index in [0.29, 0.717) is 16.5 Å². The van der Waals surface area contributed by atoms with Crippen LogP contribution in [-0.2, 0) is 16.0 Å². The summed E-state index contributed by atoms with van der Waals surface area (Å²) in [6, 6.07) is 22.4. The van der Waals surface area contributed by atoms with Gasteiger partial charge in [0.2, 0.25) is 0 Å². The molecule has 174 valence electrons. The van der Waals surface area contributed by atoms with E-state index in [0.717, 1.165) is 16.5 Å². The van der Waals surface area contributed by atoms with Crippen LogP contribution in [0.25, 0.3) is 27.4 Å². The number of aromatic amines is 1. The first-order chi connectivity index (χ1) is 17.1. The van der Waals surface area contributed by atoms with Crippen molar-refractivity contribution in [1.82, 2.24) is 20.1 Å². The SMILES string of the molecule is COC(=O)[C@@H](Cc1c[nH]c2ccccc12)NC(=O)c1nn(-c2ccccc2)c(=O)c2ccccc12. The summed E-state index contributed by atoms with van der Waals surface area (Å²) in [5.41, 5.74) is 2.02. The number of carbonyl (C=O) groups is 2. The van der Waals surface area contributed by atoms with Gasteiger partial charge in [0.25, 0.3) is 11.5 Å². The quantitative estimate of drug-likeness (QED) is 0.373. The van der Waals surface area contributed by atoms with Crippen LogP contribution in [0.1, 0.15) is 16.1 Å². The third kappa shape index (κ3) is 4.17. The van der Waals surface area contributed by atoms with Gasteiger partial charge in [0.15, 0.2) is 5.69 Å². The third-order valence-corrected chi connectivity index (χ3v) is 5.91. The lowest BCUT2D eigenvalue weighted by Gasteiger charge is -2.17. The lowest BCUT2D eigenvalue weighted by atomic mass is 10.0. The number of benzene rings is 3. The number of para-hydroxylation sites is 2. The van der Waals surface area contributed by atoms with E-state index in [4.69, 9.17) is 4.74 Å². The molecule has 0 saturated carbocycles. The average molecular weight is 466 g/mol. The first kappa shape index (κ1) is 22.1. The lowest BCUT2D eigenvalue weighted by Crippen LogP contribution is -2.44. The molecule has 3 aromatic carbocycles. The standard InChI is InChI=1S/C27H22N4O4/c1-35-27(34)23(15-17-16-28-22-14-8-7-11-19(17)22)29-25(32)24-20-12-5-6-13-21(20)26(33)31(30-24)18-9-3-2-4-10-18/h2-14,16,23,28H,15H2,1H3,(H,29,32)/t23-/m1/s1. The van der Waals surface area contributed by atoms with Crippen molar-refractivity contribution in [3.8, 4) is 5.69 Å². The number of H-pyrrole nitrogens is 1. The van der Waals surface area contributed by atoms with Crippen molar-refractivity contribution in [2.45, 2.75) is 12.5 Å². The highest BCUT2D eigenvalue weighted by Crippen LogP contribution is 2.20. The molecule has 8 heteroatoms. The van der Waals surface area contributed by atoms with Crippen LogP contribution in [0.15, 0.2) is 89.9 Å². The fraction of sp³-hybridized carbons (Fsp3) is 0.111. The number of hydrogen-bond donors (Lipinski definition) is 2. The Balaban J connectivity index is 1.55. The summed E-state index contributed by atoms with van der Waals surface area (Å²) < 4.78 is 6.17. The molecule has 8 nitrogen and oxygen atoms in total. The van der Waals surface area contributed by atoms with Crippen LogP contribution in [-0.4, -0.2) is 39.8 Å². The molecule has 1 atom stereocenters. The Hall–Kier alpha value is -4.72. The van der Waals surface area contributed by atoms with Crippen LogP contribution in [0, 0.1) is 0 Å². The molecular weight excluding hydrogens is 444 g/mol. The van der Waals surface area contributed by atoms with Gasteiger partial charge in [-0.05, 0) is 29.8 Å². The molecule has 0 saturated heterocycles. The maximum Gasteiger partial charge on any atom is 0.328 e. The molecule has 0 radical (unpaired) electrons. The Morgan fingerprint density at radius 3 is 2.34 bits per heavy atom. The van der Waals surface area contributed by atoms with E-state index in [1.807, 2.05) is 36.5 Å². The number of methoxy groups -OCH3 is 1. The molecule has 0 spiro atoms. The van der Waals surface area contributed by atoms with E-state index < -0.39 is 17.9 Å². The van der Waals surface area contributed by atoms with Crippen LogP contribution in [0.4, 0.5) is 0 Å². The topological polar surface area (TPSA) is 106 Å². The zero-order chi connectivity index (χ0) is 24.4. The number of nitrogens with one attached hydrogen (secondary N) is 2. The summed E-state index contributed by atoms with van der Waals surface area (Å²) in [6.07, 6.45) is 2.04. The molecule has 35 heavy (non-hydrogen) atoms. The van der Waals surface area contributed by atoms with Gasteiger partial charge in [0.05, 0.1) is 18.2 Å². The molecule has 0 fully saturated rings. The fourth-order valence-electron chi connectivity index (χ4n) is 4.18. The normalized spacial score (nSPS) is 11.9. The van der Waals surface area contributed by atoms with Crippen molar-refractivity contribution in [3.63, 3.8) is 0 Å². The molecule has 0 aliphatic heterocycles. The molecule has 2 heterocycles. The fourth-order valence-corrected chi connectivity index (χ4v) is 4.18. The second kappa shape index (κ2) is 9.26. The molecule has 0 aliphatic rings. The zero-order valence-corrected chi connectivity index (χ0v) is 18.9. The van der Waals surface area contributed by atoms with Crippen LogP contribution < -0.4 is 10.9 Å². The van der Waals surface area contributed by atoms with Gasteiger partial charge >= 0.3 is 5.97 Å². The first-order valence-corrected chi connectivity index (χ1v) is 11.1. The van der Waals surface area contributed by atoms with Gasteiger partial charge in [-0.3, -0.25) is 9.59 Å². The minimum absolute atomic E-state index is 0.0388. The predicted molar refractivity (Wildman–Crippen MR) is 133 cm³/mol. The number of carbonyl (C=O) groups excluding carboxylic acids is 2. The van der Waals surface area contributed by atoms with E-state index in [1.165, 1.54) is 11.8 Å². The van der Waals surface area contributed by atoms with Crippen molar-refractivity contribution < 1.29 is 14.3 Å². The number of nitrogens with zero attached hydrogens (tertiary/aromatic N) is 2. The van der Waals surface area contributed by atoms with Crippen molar-refractivity contribution in [3.05, 3.63) is 107 Å². The largest absolute Gasteiger partial charge is 0.467 e. The van der Waals surface area contributed by atoms with Crippen LogP contribution in [0.5, 0.6) is 0 Å². The van der Waals surface area contributed by atoms with Crippen molar-refractivity contribution in [1.29, 1.82) is 0 Å². The summed E-state index contributed by atoms with van der Waals surface area (Å²) in [4.78, 5) is 42.4. The highest BCUT2D eigenvalue weighted by molar-refractivity contribution is 6.06. The summed E-state index contributed by atoms with van der Waals surface area (Å²) >= 11 is 0. The molecule has 0 unspecified atom stereocenters. The van der Waals surface area contributed by atoms with E-state index >= 15 is 0 Å². The number of ether oxygens (including phenoxy) is 1. The second-order valence-electron chi connectivity index (χ2n) is 8.06. The van der Waals surface area contributed by atoms with Crippen molar-refractivity contribution >= 4 is 33.6 Å². The predicted octanol–water partition coefficient (Wildman–Crippen LogP) is 3.38. The molecule has 2 aromatic heterocycles. The average Bonchev–Trinajstić information content (AvgIpc) is 3.31. The van der Waals surface area contributed by atoms with Crippen LogP contribution in [0.2, 0.25) is 0 Å². The zero-order valence-electron chi connectivity index (χ0n) is 18.9. The van der Waals surface area contributed by atoms with Crippen LogP contribution >= 0.6 is 0 Å². The van der Waals surface area contributed by atoms with Gasteiger partial charge in [-0.2, -0.15) is 9.78 Å². The van der Waals surface area contributed by atoms with Crippen LogP contribution in [0.3, 0.4) is 0 Å². The smallest absolute Gasteiger partial charge is 0.328 e. The Kier molecular flexibility index (Phi) is 5.85. The number of aromatic nitrogens is 3. The number of esters is 1. The molecule has 0 bridgehead atoms. The maximum absolute atomic E-state index is 13.5. The van der Waals surface area contributed by atoms with Gasteiger partial charge in [0, 0.05) is 28.9 Å². The van der Waals surface area contributed by atoms with E-state index in [-0.39, 0.29) is 17.7 Å². The minimum Gasteiger partial charge on any atom is -0.467 e. The monoisotopic (exact) mass is 466 g/mol. The van der Waals surface area contributed by atoms with E-state index in [1.54, 1.807) is 48.5 Å². The Morgan fingerprint density at radius 2 is 1.60 bits per heavy atom. The molecule has 5 rings (SSSR count). The van der Waals surface area contributed by atoms with Gasteiger partial charge in [-0.25, -0.2) is 4.79 Å². The summed E-state index contributed by atoms with van der Waals surface area (Å²) in [5, 5.41) is 8.87. The number of rotatable bonds is 6. The highest BCUT2D eigenvalue weighted by atomic mass is 16.5. The molecule has 5 aromatic rings. The molecule has 0 aliphatic carbocycles. The van der Waals surface area contributed by atoms with Gasteiger partial charge in [0.1, 0.15) is 6.04 Å². The number of amides is 1. The lowest BCUT2D eigenvalue weighted by molar-refractivity contribution is -0.142. The summed E-state index contributed by atoms with van der Waals surface area (Å²) in [6.45, 7) is 0.